The third kappa shape index (κ3) is 1.92. The van der Waals surface area contributed by atoms with Crippen molar-refractivity contribution in [2.45, 2.75) is 0 Å². The van der Waals surface area contributed by atoms with E-state index in [2.05, 4.69) is 4.98 Å². The van der Waals surface area contributed by atoms with Crippen LogP contribution in [0.25, 0.3) is 27.0 Å². The Labute approximate surface area is 133 Å². The second-order valence-corrected chi connectivity index (χ2v) is 6.50. The van der Waals surface area contributed by atoms with Gasteiger partial charge in [0.05, 0.1) is 15.8 Å². The van der Waals surface area contributed by atoms with E-state index in [-0.39, 0.29) is 11.4 Å². The summed E-state index contributed by atoms with van der Waals surface area (Å²) < 4.78 is 15.6. The van der Waals surface area contributed by atoms with Crippen molar-refractivity contribution in [3.63, 3.8) is 0 Å². The summed E-state index contributed by atoms with van der Waals surface area (Å²) in [5.74, 6) is -0.296. The average Bonchev–Trinajstić information content (AvgIpc) is 2.85. The van der Waals surface area contributed by atoms with Crippen molar-refractivity contribution >= 4 is 40.1 Å². The normalized spacial score (nSPS) is 11.3. The van der Waals surface area contributed by atoms with Gasteiger partial charge in [0.1, 0.15) is 11.5 Å². The largest absolute Gasteiger partial charge is 0.306 e. The molecule has 0 radical (unpaired) electrons. The van der Waals surface area contributed by atoms with Crippen LogP contribution >= 0.6 is 23.6 Å². The highest BCUT2D eigenvalue weighted by molar-refractivity contribution is 7.73. The van der Waals surface area contributed by atoms with Crippen molar-refractivity contribution in [3.8, 4) is 10.4 Å². The smallest absolute Gasteiger partial charge is 0.258 e. The molecule has 6 heteroatoms. The Kier molecular flexibility index (Phi) is 2.95. The lowest BCUT2D eigenvalue weighted by Crippen LogP contribution is -2.09. The van der Waals surface area contributed by atoms with E-state index in [1.165, 1.54) is 23.5 Å². The van der Waals surface area contributed by atoms with Gasteiger partial charge in [0.25, 0.3) is 5.56 Å². The highest BCUT2D eigenvalue weighted by atomic mass is 32.1. The minimum Gasteiger partial charge on any atom is -0.306 e. The Morgan fingerprint density at radius 3 is 2.59 bits per heavy atom. The summed E-state index contributed by atoms with van der Waals surface area (Å²) in [7, 11) is 0. The van der Waals surface area contributed by atoms with Crippen LogP contribution in [0.15, 0.2) is 53.3 Å². The third-order valence-corrected chi connectivity index (χ3v) is 4.96. The number of H-pyrrole nitrogens is 1. The Hall–Kier alpha value is -2.31. The summed E-state index contributed by atoms with van der Waals surface area (Å²) in [6.45, 7) is 0. The fourth-order valence-electron chi connectivity index (χ4n) is 2.54. The fraction of sp³-hybridized carbons (Fsp3) is 0. The van der Waals surface area contributed by atoms with Crippen LogP contribution in [0.1, 0.15) is 0 Å². The highest BCUT2D eigenvalue weighted by Gasteiger charge is 2.13. The van der Waals surface area contributed by atoms with Gasteiger partial charge in [-0.2, -0.15) is 0 Å². The molecular formula is C16H9FN2OS2. The molecule has 0 aliphatic rings. The Balaban J connectivity index is 2.17. The quantitative estimate of drug-likeness (QED) is 0.527. The molecule has 0 unspecified atom stereocenters. The van der Waals surface area contributed by atoms with E-state index in [1.54, 1.807) is 18.2 Å². The lowest BCUT2D eigenvalue weighted by molar-refractivity contribution is 0.628. The summed E-state index contributed by atoms with van der Waals surface area (Å²) in [6, 6.07) is 13.5. The van der Waals surface area contributed by atoms with Gasteiger partial charge >= 0.3 is 0 Å². The first-order chi connectivity index (χ1) is 10.6. The molecule has 108 valence electrons. The number of aromatic amines is 1. The molecule has 3 nitrogen and oxygen atoms in total. The van der Waals surface area contributed by atoms with E-state index < -0.39 is 0 Å². The number of para-hydroxylation sites is 1. The molecule has 2 heterocycles. The second-order valence-electron chi connectivity index (χ2n) is 4.86. The predicted molar refractivity (Wildman–Crippen MR) is 89.6 cm³/mol. The maximum atomic E-state index is 13.1. The molecule has 0 fully saturated rings. The highest BCUT2D eigenvalue weighted by Crippen LogP contribution is 2.31. The number of fused-ring (bicyclic) bond motifs is 3. The van der Waals surface area contributed by atoms with E-state index in [9.17, 15) is 9.18 Å². The van der Waals surface area contributed by atoms with Gasteiger partial charge in [-0.25, -0.2) is 4.39 Å². The maximum Gasteiger partial charge on any atom is 0.258 e. The molecule has 2 aromatic carbocycles. The second kappa shape index (κ2) is 4.86. The Morgan fingerprint density at radius 2 is 1.82 bits per heavy atom. The van der Waals surface area contributed by atoms with Crippen molar-refractivity contribution in [3.05, 3.63) is 68.7 Å². The van der Waals surface area contributed by atoms with Crippen LogP contribution in [-0.2, 0) is 0 Å². The van der Waals surface area contributed by atoms with E-state index in [0.717, 1.165) is 16.0 Å². The maximum absolute atomic E-state index is 13.1. The number of nitrogens with zero attached hydrogens (tertiary/aromatic N) is 1. The van der Waals surface area contributed by atoms with Gasteiger partial charge in [-0.05, 0) is 42.0 Å². The topological polar surface area (TPSA) is 37.3 Å². The lowest BCUT2D eigenvalue weighted by atomic mass is 10.2. The van der Waals surface area contributed by atoms with Gasteiger partial charge in [0, 0.05) is 0 Å². The summed E-state index contributed by atoms with van der Waals surface area (Å²) >= 11 is 6.85. The molecule has 2 aromatic heterocycles. The summed E-state index contributed by atoms with van der Waals surface area (Å²) in [4.78, 5) is 16.0. The zero-order chi connectivity index (χ0) is 15.3. The van der Waals surface area contributed by atoms with Gasteiger partial charge in [0.2, 0.25) is 0 Å². The van der Waals surface area contributed by atoms with Crippen LogP contribution < -0.4 is 5.56 Å². The Bertz CT molecular complexity index is 1120. The predicted octanol–water partition coefficient (Wildman–Crippen LogP) is 4.38. The van der Waals surface area contributed by atoms with Crippen LogP contribution in [-0.4, -0.2) is 9.38 Å². The molecule has 0 bridgehead atoms. The average molecular weight is 328 g/mol. The molecule has 4 rings (SSSR count). The van der Waals surface area contributed by atoms with Crippen LogP contribution in [0, 0.1) is 9.77 Å². The number of thiazole rings is 1. The van der Waals surface area contributed by atoms with Crippen molar-refractivity contribution < 1.29 is 4.39 Å². The number of halogens is 1. The van der Waals surface area contributed by atoms with Crippen LogP contribution in [0.3, 0.4) is 0 Å². The molecule has 22 heavy (non-hydrogen) atoms. The van der Waals surface area contributed by atoms with Crippen molar-refractivity contribution in [2.75, 3.05) is 0 Å². The molecule has 0 aliphatic heterocycles. The molecule has 0 spiro atoms. The van der Waals surface area contributed by atoms with E-state index in [0.29, 0.717) is 15.0 Å². The first kappa shape index (κ1) is 13.4. The molecule has 0 amide bonds. The first-order valence-electron chi connectivity index (χ1n) is 6.58. The zero-order valence-corrected chi connectivity index (χ0v) is 12.8. The molecule has 0 aliphatic carbocycles. The van der Waals surface area contributed by atoms with Gasteiger partial charge in [0.15, 0.2) is 3.95 Å². The van der Waals surface area contributed by atoms with Gasteiger partial charge < -0.3 is 4.98 Å². The standard InChI is InChI=1S/C16H9FN2OS2/c17-10-7-5-9(6-8-10)13-14-18-15(20)11-3-1-2-4-12(11)19(14)16(21)22-13/h1-8H,(H,18,20). The number of nitrogens with one attached hydrogen (secondary N) is 1. The lowest BCUT2D eigenvalue weighted by Gasteiger charge is -2.03. The van der Waals surface area contributed by atoms with Crippen molar-refractivity contribution in [1.29, 1.82) is 0 Å². The number of rotatable bonds is 1. The van der Waals surface area contributed by atoms with Crippen LogP contribution in [0.2, 0.25) is 0 Å². The van der Waals surface area contributed by atoms with Gasteiger partial charge in [-0.1, -0.05) is 24.3 Å². The monoisotopic (exact) mass is 328 g/mol. The molecule has 0 saturated heterocycles. The third-order valence-electron chi connectivity index (χ3n) is 3.54. The summed E-state index contributed by atoms with van der Waals surface area (Å²) in [5, 5.41) is 0.592. The SMILES string of the molecule is O=c1[nH]c2c(-c3ccc(F)cc3)sc(=S)n2c2ccccc12. The molecule has 1 N–H and O–H groups in total. The van der Waals surface area contributed by atoms with Crippen LogP contribution in [0.5, 0.6) is 0 Å². The molecule has 4 aromatic rings. The number of hydrogen-bond donors (Lipinski definition) is 1. The minimum atomic E-state index is -0.296. The number of aromatic nitrogens is 2. The van der Waals surface area contributed by atoms with E-state index in [1.807, 2.05) is 22.6 Å². The Morgan fingerprint density at radius 1 is 1.09 bits per heavy atom. The van der Waals surface area contributed by atoms with Crippen molar-refractivity contribution in [2.24, 2.45) is 0 Å². The fourth-order valence-corrected chi connectivity index (χ4v) is 3.93. The first-order valence-corrected chi connectivity index (χ1v) is 7.80. The van der Waals surface area contributed by atoms with E-state index in [4.69, 9.17) is 12.2 Å². The van der Waals surface area contributed by atoms with Crippen LogP contribution in [0.4, 0.5) is 4.39 Å². The van der Waals surface area contributed by atoms with E-state index >= 15 is 0 Å². The number of benzene rings is 2. The molecular weight excluding hydrogens is 319 g/mol. The van der Waals surface area contributed by atoms with Crippen molar-refractivity contribution in [1.82, 2.24) is 9.38 Å². The summed E-state index contributed by atoms with van der Waals surface area (Å²) in [5.41, 5.74) is 2.08. The molecule has 0 saturated carbocycles. The van der Waals surface area contributed by atoms with Gasteiger partial charge in [-0.3, -0.25) is 9.20 Å². The zero-order valence-electron chi connectivity index (χ0n) is 11.2. The van der Waals surface area contributed by atoms with Gasteiger partial charge in [-0.15, -0.1) is 11.3 Å². The molecule has 0 atom stereocenters. The number of hydrogen-bond acceptors (Lipinski definition) is 3. The summed E-state index contributed by atoms with van der Waals surface area (Å²) in [6.07, 6.45) is 0. The minimum absolute atomic E-state index is 0.160.